The highest BCUT2D eigenvalue weighted by Gasteiger charge is 2.24. The molecule has 0 spiro atoms. The molecule has 2 heterocycles. The van der Waals surface area contributed by atoms with Gasteiger partial charge in [0.2, 0.25) is 5.91 Å². The zero-order valence-electron chi connectivity index (χ0n) is 14.4. The summed E-state index contributed by atoms with van der Waals surface area (Å²) in [7, 11) is 0. The largest absolute Gasteiger partial charge is 0.451 e. The monoisotopic (exact) mass is 356 g/mol. The quantitative estimate of drug-likeness (QED) is 0.426. The molecule has 134 valence electrons. The Bertz CT molecular complexity index is 1050. The number of hydrogen-bond donors (Lipinski definition) is 1. The Morgan fingerprint density at radius 2 is 2.00 bits per heavy atom. The van der Waals surface area contributed by atoms with Crippen molar-refractivity contribution in [3.05, 3.63) is 51.5 Å². The van der Waals surface area contributed by atoms with Gasteiger partial charge in [-0.2, -0.15) is 5.10 Å². The standard InChI is InChI=1S/C17H16N4O5/c1-9-16(21(24)25)10(2)20(19-9)8-14(23)18-15-12-6-4-5-7-13(12)26-17(15)11(3)22/h4-7H,8H2,1-3H3,(H,18,23). The molecule has 9 heteroatoms. The molecular weight excluding hydrogens is 340 g/mol. The average molecular weight is 356 g/mol. The highest BCUT2D eigenvalue weighted by molar-refractivity contribution is 6.10. The topological polar surface area (TPSA) is 120 Å². The van der Waals surface area contributed by atoms with Gasteiger partial charge in [-0.1, -0.05) is 12.1 Å². The number of nitro groups is 1. The number of furan rings is 1. The van der Waals surface area contributed by atoms with Crippen molar-refractivity contribution < 1.29 is 18.9 Å². The minimum absolute atomic E-state index is 0.0545. The molecule has 0 atom stereocenters. The van der Waals surface area contributed by atoms with Gasteiger partial charge >= 0.3 is 5.69 Å². The van der Waals surface area contributed by atoms with E-state index in [2.05, 4.69) is 10.4 Å². The van der Waals surface area contributed by atoms with Gasteiger partial charge in [-0.25, -0.2) is 0 Å². The van der Waals surface area contributed by atoms with Crippen LogP contribution in [0.15, 0.2) is 28.7 Å². The number of fused-ring (bicyclic) bond motifs is 1. The fourth-order valence-corrected chi connectivity index (χ4v) is 2.84. The van der Waals surface area contributed by atoms with Gasteiger partial charge in [0.15, 0.2) is 11.5 Å². The van der Waals surface area contributed by atoms with E-state index in [0.29, 0.717) is 11.0 Å². The van der Waals surface area contributed by atoms with E-state index in [1.54, 1.807) is 24.3 Å². The first-order chi connectivity index (χ1) is 12.3. The summed E-state index contributed by atoms with van der Waals surface area (Å²) in [5.74, 6) is -0.739. The number of para-hydroxylation sites is 1. The number of rotatable bonds is 5. The van der Waals surface area contributed by atoms with E-state index in [1.165, 1.54) is 25.5 Å². The van der Waals surface area contributed by atoms with Gasteiger partial charge in [0.25, 0.3) is 0 Å². The zero-order valence-corrected chi connectivity index (χ0v) is 14.4. The molecular formula is C17H16N4O5. The lowest BCUT2D eigenvalue weighted by Gasteiger charge is -2.06. The zero-order chi connectivity index (χ0) is 19.0. The normalized spacial score (nSPS) is 10.9. The number of aryl methyl sites for hydroxylation is 1. The summed E-state index contributed by atoms with van der Waals surface area (Å²) < 4.78 is 6.78. The van der Waals surface area contributed by atoms with Crippen LogP contribution in [0, 0.1) is 24.0 Å². The number of hydrogen-bond acceptors (Lipinski definition) is 6. The van der Waals surface area contributed by atoms with Crippen molar-refractivity contribution in [1.29, 1.82) is 0 Å². The summed E-state index contributed by atoms with van der Waals surface area (Å²) in [5, 5.41) is 18.4. The molecule has 0 saturated carbocycles. The number of nitrogens with one attached hydrogen (secondary N) is 1. The van der Waals surface area contributed by atoms with Gasteiger partial charge in [0, 0.05) is 12.3 Å². The van der Waals surface area contributed by atoms with Crippen LogP contribution in [0.25, 0.3) is 11.0 Å². The van der Waals surface area contributed by atoms with Crippen LogP contribution in [0.3, 0.4) is 0 Å². The minimum atomic E-state index is -0.524. The third-order valence-electron chi connectivity index (χ3n) is 4.00. The van der Waals surface area contributed by atoms with Crippen molar-refractivity contribution in [3.8, 4) is 0 Å². The summed E-state index contributed by atoms with van der Waals surface area (Å²) in [6.45, 7) is 4.16. The first-order valence-corrected chi connectivity index (χ1v) is 7.80. The van der Waals surface area contributed by atoms with Gasteiger partial charge in [-0.05, 0) is 26.0 Å². The molecule has 0 saturated heterocycles. The van der Waals surface area contributed by atoms with Crippen LogP contribution in [0.1, 0.15) is 28.9 Å². The van der Waals surface area contributed by atoms with Crippen LogP contribution in [-0.2, 0) is 11.3 Å². The lowest BCUT2D eigenvalue weighted by atomic mass is 10.2. The lowest BCUT2D eigenvalue weighted by Crippen LogP contribution is -2.21. The van der Waals surface area contributed by atoms with Gasteiger partial charge in [-0.3, -0.25) is 24.4 Å². The van der Waals surface area contributed by atoms with Gasteiger partial charge in [-0.15, -0.1) is 0 Å². The molecule has 0 radical (unpaired) electrons. The second-order valence-electron chi connectivity index (χ2n) is 5.84. The Morgan fingerprint density at radius 3 is 2.62 bits per heavy atom. The first kappa shape index (κ1) is 17.3. The number of amides is 1. The second-order valence-corrected chi connectivity index (χ2v) is 5.84. The van der Waals surface area contributed by atoms with Crippen LogP contribution < -0.4 is 5.32 Å². The minimum Gasteiger partial charge on any atom is -0.451 e. The molecule has 0 fully saturated rings. The molecule has 0 unspecified atom stereocenters. The smallest absolute Gasteiger partial charge is 0.312 e. The van der Waals surface area contributed by atoms with Crippen LogP contribution in [-0.4, -0.2) is 26.4 Å². The van der Waals surface area contributed by atoms with E-state index >= 15 is 0 Å². The second kappa shape index (κ2) is 6.43. The van der Waals surface area contributed by atoms with E-state index in [-0.39, 0.29) is 40.9 Å². The van der Waals surface area contributed by atoms with Gasteiger partial charge in [0.05, 0.1) is 10.6 Å². The Kier molecular flexibility index (Phi) is 4.29. The van der Waals surface area contributed by atoms with E-state index < -0.39 is 10.8 Å². The van der Waals surface area contributed by atoms with Crippen molar-refractivity contribution in [3.63, 3.8) is 0 Å². The molecule has 0 bridgehead atoms. The average Bonchev–Trinajstić information content (AvgIpc) is 3.05. The fraction of sp³-hybridized carbons (Fsp3) is 0.235. The number of anilines is 1. The van der Waals surface area contributed by atoms with Crippen LogP contribution in [0.4, 0.5) is 11.4 Å². The van der Waals surface area contributed by atoms with Crippen molar-refractivity contribution in [1.82, 2.24) is 9.78 Å². The molecule has 1 aromatic carbocycles. The molecule has 1 amide bonds. The summed E-state index contributed by atoms with van der Waals surface area (Å²) in [6.07, 6.45) is 0. The molecule has 0 aliphatic heterocycles. The van der Waals surface area contributed by atoms with Gasteiger partial charge in [0.1, 0.15) is 23.5 Å². The first-order valence-electron chi connectivity index (χ1n) is 7.80. The number of nitrogens with zero attached hydrogens (tertiary/aromatic N) is 3. The Hall–Kier alpha value is -3.49. The van der Waals surface area contributed by atoms with Crippen LogP contribution in [0.2, 0.25) is 0 Å². The van der Waals surface area contributed by atoms with E-state index in [0.717, 1.165) is 0 Å². The number of ketones is 1. The molecule has 0 aliphatic carbocycles. The molecule has 2 aromatic heterocycles. The van der Waals surface area contributed by atoms with Crippen LogP contribution in [0.5, 0.6) is 0 Å². The van der Waals surface area contributed by atoms with Crippen molar-refractivity contribution >= 4 is 34.0 Å². The summed E-state index contributed by atoms with van der Waals surface area (Å²) >= 11 is 0. The third kappa shape index (κ3) is 2.94. The Morgan fingerprint density at radius 1 is 1.31 bits per heavy atom. The fourth-order valence-electron chi connectivity index (χ4n) is 2.84. The Balaban J connectivity index is 1.91. The predicted molar refractivity (Wildman–Crippen MR) is 93.2 cm³/mol. The predicted octanol–water partition coefficient (Wildman–Crippen LogP) is 3.00. The van der Waals surface area contributed by atoms with Crippen molar-refractivity contribution in [2.45, 2.75) is 27.3 Å². The maximum Gasteiger partial charge on any atom is 0.312 e. The number of carbonyl (C=O) groups is 2. The lowest BCUT2D eigenvalue weighted by molar-refractivity contribution is -0.386. The molecule has 3 rings (SSSR count). The van der Waals surface area contributed by atoms with Gasteiger partial charge < -0.3 is 9.73 Å². The van der Waals surface area contributed by atoms with Crippen molar-refractivity contribution in [2.75, 3.05) is 5.32 Å². The summed E-state index contributed by atoms with van der Waals surface area (Å²) in [5.41, 5.74) is 1.17. The maximum absolute atomic E-state index is 12.4. The molecule has 26 heavy (non-hydrogen) atoms. The van der Waals surface area contributed by atoms with Crippen molar-refractivity contribution in [2.24, 2.45) is 0 Å². The van der Waals surface area contributed by atoms with E-state index in [9.17, 15) is 19.7 Å². The highest BCUT2D eigenvalue weighted by Crippen LogP contribution is 2.31. The summed E-state index contributed by atoms with van der Waals surface area (Å²) in [6, 6.07) is 6.95. The molecule has 3 aromatic rings. The van der Waals surface area contributed by atoms with E-state index in [1.807, 2.05) is 0 Å². The highest BCUT2D eigenvalue weighted by atomic mass is 16.6. The molecule has 1 N–H and O–H groups in total. The number of Topliss-reactive ketones (excluding diaryl/α,β-unsaturated/α-hetero) is 1. The molecule has 0 aliphatic rings. The number of benzene rings is 1. The summed E-state index contributed by atoms with van der Waals surface area (Å²) in [4.78, 5) is 34.8. The number of aromatic nitrogens is 2. The maximum atomic E-state index is 12.4. The SMILES string of the molecule is CC(=O)c1oc2ccccc2c1NC(=O)Cn1nc(C)c([N+](=O)[O-])c1C. The van der Waals surface area contributed by atoms with Crippen LogP contribution >= 0.6 is 0 Å². The third-order valence-corrected chi connectivity index (χ3v) is 4.00. The van der Waals surface area contributed by atoms with E-state index in [4.69, 9.17) is 4.42 Å². The molecule has 9 nitrogen and oxygen atoms in total. The number of carbonyl (C=O) groups excluding carboxylic acids is 2. The Labute approximate surface area is 147 Å².